The molecule has 3 aliphatic rings. The normalized spacial score (nSPS) is 19.7. The molecule has 40 heavy (non-hydrogen) atoms. The summed E-state index contributed by atoms with van der Waals surface area (Å²) < 4.78 is 62.6. The van der Waals surface area contributed by atoms with Gasteiger partial charge in [0.05, 0.1) is 12.3 Å². The number of carbonyl (C=O) groups is 1. The molecule has 2 aliphatic heterocycles. The predicted molar refractivity (Wildman–Crippen MR) is 144 cm³/mol. The van der Waals surface area contributed by atoms with E-state index in [1.165, 1.54) is 29.2 Å². The van der Waals surface area contributed by atoms with Gasteiger partial charge in [-0.15, -0.1) is 0 Å². The zero-order valence-corrected chi connectivity index (χ0v) is 22.7. The Morgan fingerprint density at radius 3 is 2.52 bits per heavy atom. The SMILES string of the molecule is CN1CCN(CCCOc2cc(N3C(=S)N(c4ccnc(C#N)c4C(F)(F)F)C(=O)C34CCC4)ccc2F)CC1. The average molecular weight is 577 g/mol. The standard InChI is InChI=1S/C27H28F4N6O2S/c1-34-11-13-35(14-12-34)10-3-15-39-22-16-18(4-5-19(22)28)37-25(40)36(24(38)26(37)7-2-8-26)21-6-9-33-20(17-32)23(21)27(29,30)31/h4-6,9,16H,2-3,7-8,10-15H2,1H3. The molecule has 0 radical (unpaired) electrons. The molecule has 0 bridgehead atoms. The molecule has 1 aliphatic carbocycles. The summed E-state index contributed by atoms with van der Waals surface area (Å²) in [5, 5.41) is 9.10. The largest absolute Gasteiger partial charge is 0.490 e. The molecule has 212 valence electrons. The van der Waals surface area contributed by atoms with E-state index in [0.29, 0.717) is 31.4 Å². The Morgan fingerprint density at radius 1 is 1.18 bits per heavy atom. The van der Waals surface area contributed by atoms with Crippen molar-refractivity contribution in [3.63, 3.8) is 0 Å². The van der Waals surface area contributed by atoms with Gasteiger partial charge in [0.15, 0.2) is 22.4 Å². The van der Waals surface area contributed by atoms with E-state index < -0.39 is 40.4 Å². The molecule has 13 heteroatoms. The average Bonchev–Trinajstić information content (AvgIpc) is 3.14. The van der Waals surface area contributed by atoms with Crippen LogP contribution in [0.3, 0.4) is 0 Å². The van der Waals surface area contributed by atoms with Crippen LogP contribution in [-0.4, -0.2) is 77.7 Å². The monoisotopic (exact) mass is 576 g/mol. The molecule has 1 aromatic heterocycles. The molecule has 0 N–H and O–H groups in total. The highest BCUT2D eigenvalue weighted by Gasteiger charge is 2.60. The number of rotatable bonds is 7. The zero-order chi connectivity index (χ0) is 28.7. The number of piperazine rings is 1. The number of pyridine rings is 1. The first-order chi connectivity index (χ1) is 19.1. The molecule has 3 fully saturated rings. The second-order valence-electron chi connectivity index (χ2n) is 10.3. The number of hydrogen-bond acceptors (Lipinski definition) is 7. The maximum atomic E-state index is 14.7. The van der Waals surface area contributed by atoms with Gasteiger partial charge in [-0.1, -0.05) is 0 Å². The molecule has 1 saturated carbocycles. The van der Waals surface area contributed by atoms with Gasteiger partial charge in [0.25, 0.3) is 5.91 Å². The third-order valence-corrected chi connectivity index (χ3v) is 8.16. The first-order valence-corrected chi connectivity index (χ1v) is 13.5. The number of benzene rings is 1. The highest BCUT2D eigenvalue weighted by atomic mass is 32.1. The van der Waals surface area contributed by atoms with Gasteiger partial charge < -0.3 is 19.4 Å². The number of nitrogens with zero attached hydrogens (tertiary/aromatic N) is 6. The number of anilines is 2. The van der Waals surface area contributed by atoms with Crippen LogP contribution in [0.2, 0.25) is 0 Å². The van der Waals surface area contributed by atoms with E-state index in [1.54, 1.807) is 0 Å². The van der Waals surface area contributed by atoms with Crippen molar-refractivity contribution in [3.05, 3.63) is 47.5 Å². The van der Waals surface area contributed by atoms with Crippen molar-refractivity contribution in [2.24, 2.45) is 0 Å². The van der Waals surface area contributed by atoms with Crippen LogP contribution >= 0.6 is 12.2 Å². The van der Waals surface area contributed by atoms with Crippen LogP contribution in [-0.2, 0) is 11.0 Å². The maximum Gasteiger partial charge on any atom is 0.421 e. The Balaban J connectivity index is 1.40. The number of halogens is 4. The van der Waals surface area contributed by atoms with Crippen molar-refractivity contribution in [1.82, 2.24) is 14.8 Å². The topological polar surface area (TPSA) is 75.9 Å². The van der Waals surface area contributed by atoms with Crippen LogP contribution in [0.25, 0.3) is 0 Å². The Hall–Kier alpha value is -3.34. The summed E-state index contributed by atoms with van der Waals surface area (Å²) >= 11 is 5.59. The van der Waals surface area contributed by atoms with E-state index in [9.17, 15) is 27.6 Å². The number of aromatic nitrogens is 1. The van der Waals surface area contributed by atoms with E-state index in [-0.39, 0.29) is 17.5 Å². The quantitative estimate of drug-likeness (QED) is 0.276. The Labute approximate surface area is 234 Å². The van der Waals surface area contributed by atoms with Crippen molar-refractivity contribution in [1.29, 1.82) is 5.26 Å². The van der Waals surface area contributed by atoms with Crippen LogP contribution in [0, 0.1) is 17.1 Å². The van der Waals surface area contributed by atoms with Gasteiger partial charge in [-0.2, -0.15) is 18.4 Å². The molecule has 1 aromatic carbocycles. The summed E-state index contributed by atoms with van der Waals surface area (Å²) in [6.45, 7) is 5.00. The smallest absolute Gasteiger partial charge is 0.421 e. The van der Waals surface area contributed by atoms with Gasteiger partial charge in [-0.25, -0.2) is 9.37 Å². The number of ether oxygens (including phenoxy) is 1. The summed E-state index contributed by atoms with van der Waals surface area (Å²) in [6.07, 6.45) is -1.83. The van der Waals surface area contributed by atoms with E-state index in [1.807, 2.05) is 0 Å². The molecule has 1 spiro atoms. The second-order valence-corrected chi connectivity index (χ2v) is 10.6. The lowest BCUT2D eigenvalue weighted by atomic mass is 9.75. The number of amides is 1. The van der Waals surface area contributed by atoms with Gasteiger partial charge in [-0.3, -0.25) is 9.69 Å². The van der Waals surface area contributed by atoms with Gasteiger partial charge in [-0.05, 0) is 63.1 Å². The molecule has 2 aromatic rings. The second kappa shape index (κ2) is 10.9. The van der Waals surface area contributed by atoms with Crippen LogP contribution in [0.5, 0.6) is 5.75 Å². The third-order valence-electron chi connectivity index (χ3n) is 7.80. The molecule has 2 saturated heterocycles. The van der Waals surface area contributed by atoms with Gasteiger partial charge in [0.1, 0.15) is 17.2 Å². The fourth-order valence-electron chi connectivity index (χ4n) is 5.48. The Morgan fingerprint density at radius 2 is 1.90 bits per heavy atom. The highest BCUT2D eigenvalue weighted by Crippen LogP contribution is 2.50. The van der Waals surface area contributed by atoms with Crippen LogP contribution < -0.4 is 14.5 Å². The van der Waals surface area contributed by atoms with E-state index in [0.717, 1.165) is 49.9 Å². The number of carbonyl (C=O) groups excluding carboxylic acids is 1. The number of hydrogen-bond donors (Lipinski definition) is 0. The number of thiocarbonyl (C=S) groups is 1. The summed E-state index contributed by atoms with van der Waals surface area (Å²) in [4.78, 5) is 24.2. The van der Waals surface area contributed by atoms with E-state index in [2.05, 4.69) is 21.8 Å². The fourth-order valence-corrected chi connectivity index (χ4v) is 5.94. The van der Waals surface area contributed by atoms with Gasteiger partial charge >= 0.3 is 6.18 Å². The number of likely N-dealkylation sites (N-methyl/N-ethyl adjacent to an activating group) is 1. The molecule has 5 rings (SSSR count). The van der Waals surface area contributed by atoms with E-state index >= 15 is 0 Å². The van der Waals surface area contributed by atoms with Crippen molar-refractivity contribution < 1.29 is 27.1 Å². The van der Waals surface area contributed by atoms with Gasteiger partial charge in [0.2, 0.25) is 0 Å². The first-order valence-electron chi connectivity index (χ1n) is 13.0. The van der Waals surface area contributed by atoms with Crippen molar-refractivity contribution in [3.8, 4) is 11.8 Å². The molecule has 0 unspecified atom stereocenters. The Bertz CT molecular complexity index is 1350. The molecule has 3 heterocycles. The highest BCUT2D eigenvalue weighted by molar-refractivity contribution is 7.81. The van der Waals surface area contributed by atoms with Crippen molar-refractivity contribution in [2.45, 2.75) is 37.4 Å². The lowest BCUT2D eigenvalue weighted by molar-refractivity contribution is -0.137. The summed E-state index contributed by atoms with van der Waals surface area (Å²) in [7, 11) is 2.08. The Kier molecular flexibility index (Phi) is 7.69. The van der Waals surface area contributed by atoms with Crippen molar-refractivity contribution >= 4 is 34.6 Å². The molecular weight excluding hydrogens is 548 g/mol. The van der Waals surface area contributed by atoms with Crippen LogP contribution in [0.1, 0.15) is 36.9 Å². The number of alkyl halides is 3. The van der Waals surface area contributed by atoms with Gasteiger partial charge in [0, 0.05) is 50.7 Å². The first kappa shape index (κ1) is 28.2. The van der Waals surface area contributed by atoms with Crippen LogP contribution in [0.4, 0.5) is 28.9 Å². The van der Waals surface area contributed by atoms with Crippen molar-refractivity contribution in [2.75, 3.05) is 56.2 Å². The fraction of sp³-hybridized carbons (Fsp3) is 0.481. The molecule has 0 atom stereocenters. The lowest BCUT2D eigenvalue weighted by Gasteiger charge is -2.43. The third kappa shape index (κ3) is 5.00. The minimum absolute atomic E-state index is 0.0225. The predicted octanol–water partition coefficient (Wildman–Crippen LogP) is 4.19. The molecular formula is C27H28F4N6O2S. The minimum atomic E-state index is -4.95. The zero-order valence-electron chi connectivity index (χ0n) is 21.9. The minimum Gasteiger partial charge on any atom is -0.490 e. The van der Waals surface area contributed by atoms with Crippen LogP contribution in [0.15, 0.2) is 30.5 Å². The summed E-state index contributed by atoms with van der Waals surface area (Å²) in [5.41, 5.74) is -3.58. The maximum absolute atomic E-state index is 14.7. The lowest BCUT2D eigenvalue weighted by Crippen LogP contribution is -2.55. The summed E-state index contributed by atoms with van der Waals surface area (Å²) in [5.74, 6) is -1.24. The molecule has 8 nitrogen and oxygen atoms in total. The molecule has 1 amide bonds. The number of nitriles is 1. The van der Waals surface area contributed by atoms with E-state index in [4.69, 9.17) is 17.0 Å². The summed E-state index contributed by atoms with van der Waals surface area (Å²) in [6, 6.07) is 6.57.